The molecule has 1 aliphatic heterocycles. The molecule has 0 radical (unpaired) electrons. The number of nitrogens with zero attached hydrogens (tertiary/aromatic N) is 1. The normalized spacial score (nSPS) is 16.0. The Balaban J connectivity index is 1.94. The largest absolute Gasteiger partial charge is 0.394 e. The number of carbonyl (C=O) groups excluding carboxylic acids is 1. The van der Waals surface area contributed by atoms with Crippen LogP contribution in [-0.2, 0) is 14.9 Å². The number of anilines is 1. The minimum atomic E-state index is -4.00. The van der Waals surface area contributed by atoms with Crippen LogP contribution in [0, 0.1) is 0 Å². The summed E-state index contributed by atoms with van der Waals surface area (Å²) >= 11 is 1.22. The maximum absolute atomic E-state index is 12.4. The van der Waals surface area contributed by atoms with Gasteiger partial charge >= 0.3 is 10.2 Å². The molecular formula is C14H14N2O5S2. The molecule has 0 saturated carbocycles. The highest BCUT2D eigenvalue weighted by Gasteiger charge is 2.37. The number of carbonyl (C=O) groups is 1. The van der Waals surface area contributed by atoms with E-state index in [4.69, 9.17) is 9.84 Å². The first-order valence-electron chi connectivity index (χ1n) is 6.75. The van der Waals surface area contributed by atoms with Gasteiger partial charge < -0.3 is 9.84 Å². The van der Waals surface area contributed by atoms with Gasteiger partial charge in [0, 0.05) is 4.88 Å². The molecule has 2 heterocycles. The van der Waals surface area contributed by atoms with Crippen molar-refractivity contribution in [2.45, 2.75) is 0 Å². The molecule has 122 valence electrons. The lowest BCUT2D eigenvalue weighted by atomic mass is 10.2. The first-order chi connectivity index (χ1) is 11.0. The number of rotatable bonds is 5. The molecule has 23 heavy (non-hydrogen) atoms. The van der Waals surface area contributed by atoms with Gasteiger partial charge in [0.2, 0.25) is 0 Å². The molecule has 0 saturated heterocycles. The molecule has 0 spiro atoms. The van der Waals surface area contributed by atoms with Gasteiger partial charge in [-0.2, -0.15) is 12.7 Å². The predicted octanol–water partition coefficient (Wildman–Crippen LogP) is 1.49. The van der Waals surface area contributed by atoms with Gasteiger partial charge in [0.25, 0.3) is 5.91 Å². The Hall–Kier alpha value is -1.94. The number of thiophene rings is 1. The number of amides is 1. The summed E-state index contributed by atoms with van der Waals surface area (Å²) in [6.45, 7) is -0.740. The Labute approximate surface area is 137 Å². The minimum Gasteiger partial charge on any atom is -0.394 e. The van der Waals surface area contributed by atoms with E-state index in [0.29, 0.717) is 9.18 Å². The highest BCUT2D eigenvalue weighted by atomic mass is 32.2. The molecule has 1 aliphatic rings. The number of hydrogen-bond acceptors (Lipinski definition) is 6. The zero-order valence-corrected chi connectivity index (χ0v) is 13.6. The van der Waals surface area contributed by atoms with E-state index in [1.807, 2.05) is 30.3 Å². The predicted molar refractivity (Wildman–Crippen MR) is 86.4 cm³/mol. The summed E-state index contributed by atoms with van der Waals surface area (Å²) in [5.41, 5.74) is 1.18. The van der Waals surface area contributed by atoms with E-state index in [9.17, 15) is 13.2 Å². The molecule has 2 N–H and O–H groups in total. The van der Waals surface area contributed by atoms with E-state index in [1.165, 1.54) is 11.3 Å². The summed E-state index contributed by atoms with van der Waals surface area (Å²) in [6, 6.07) is 11.0. The van der Waals surface area contributed by atoms with Crippen LogP contribution in [0.4, 0.5) is 5.69 Å². The zero-order chi connectivity index (χ0) is 16.4. The second-order valence-electron chi connectivity index (χ2n) is 4.74. The fraction of sp³-hybridized carbons (Fsp3) is 0.214. The Morgan fingerprint density at radius 2 is 2.00 bits per heavy atom. The van der Waals surface area contributed by atoms with Crippen LogP contribution in [-0.4, -0.2) is 43.7 Å². The van der Waals surface area contributed by atoms with Crippen molar-refractivity contribution in [3.8, 4) is 10.4 Å². The number of benzene rings is 1. The van der Waals surface area contributed by atoms with Crippen LogP contribution in [0.5, 0.6) is 0 Å². The van der Waals surface area contributed by atoms with Crippen LogP contribution in [0.25, 0.3) is 10.4 Å². The van der Waals surface area contributed by atoms with Crippen molar-refractivity contribution in [1.82, 2.24) is 4.31 Å². The van der Waals surface area contributed by atoms with E-state index in [2.05, 4.69) is 4.72 Å². The molecule has 1 aromatic heterocycles. The van der Waals surface area contributed by atoms with Crippen molar-refractivity contribution in [1.29, 1.82) is 0 Å². The van der Waals surface area contributed by atoms with Gasteiger partial charge in [-0.25, -0.2) is 0 Å². The van der Waals surface area contributed by atoms with E-state index >= 15 is 0 Å². The van der Waals surface area contributed by atoms with Crippen molar-refractivity contribution in [2.24, 2.45) is 0 Å². The average molecular weight is 354 g/mol. The molecular weight excluding hydrogens is 340 g/mol. The maximum Gasteiger partial charge on any atom is 0.328 e. The van der Waals surface area contributed by atoms with E-state index in [-0.39, 0.29) is 18.9 Å². The molecule has 1 aromatic carbocycles. The van der Waals surface area contributed by atoms with Gasteiger partial charge in [0.05, 0.1) is 18.9 Å². The maximum atomic E-state index is 12.4. The summed E-state index contributed by atoms with van der Waals surface area (Å²) in [5, 5.41) is 8.69. The van der Waals surface area contributed by atoms with Crippen LogP contribution in [0.2, 0.25) is 0 Å². The monoisotopic (exact) mass is 354 g/mol. The number of nitrogens with one attached hydrogen (secondary N) is 1. The highest BCUT2D eigenvalue weighted by Crippen LogP contribution is 2.38. The number of fused-ring (bicyclic) bond motifs is 1. The molecule has 0 atom stereocenters. The lowest BCUT2D eigenvalue weighted by Gasteiger charge is -2.26. The van der Waals surface area contributed by atoms with Crippen LogP contribution >= 0.6 is 11.3 Å². The fourth-order valence-electron chi connectivity index (χ4n) is 2.13. The summed E-state index contributed by atoms with van der Waals surface area (Å²) in [7, 11) is -4.00. The molecule has 3 rings (SSSR count). The van der Waals surface area contributed by atoms with Crippen LogP contribution in [0.1, 0.15) is 9.67 Å². The summed E-state index contributed by atoms with van der Waals surface area (Å²) in [6.07, 6.45) is 0. The smallest absolute Gasteiger partial charge is 0.328 e. The Morgan fingerprint density at radius 1 is 1.26 bits per heavy atom. The third-order valence-corrected chi connectivity index (χ3v) is 5.69. The van der Waals surface area contributed by atoms with Gasteiger partial charge in [-0.1, -0.05) is 30.3 Å². The van der Waals surface area contributed by atoms with Gasteiger partial charge in [-0.05, 0) is 11.6 Å². The molecule has 7 nitrogen and oxygen atoms in total. The Morgan fingerprint density at radius 3 is 2.70 bits per heavy atom. The SMILES string of the molecule is O=C1c2sc(-c3ccccc3)cc2NS(=O)(=O)N1COCCO. The van der Waals surface area contributed by atoms with Crippen molar-refractivity contribution in [3.63, 3.8) is 0 Å². The zero-order valence-electron chi connectivity index (χ0n) is 11.9. The van der Waals surface area contributed by atoms with Crippen molar-refractivity contribution in [2.75, 3.05) is 24.7 Å². The lowest BCUT2D eigenvalue weighted by Crippen LogP contribution is -2.45. The first-order valence-corrected chi connectivity index (χ1v) is 9.01. The summed E-state index contributed by atoms with van der Waals surface area (Å²) in [4.78, 5) is 13.6. The third kappa shape index (κ3) is 3.08. The average Bonchev–Trinajstić information content (AvgIpc) is 2.94. The van der Waals surface area contributed by atoms with Crippen molar-refractivity contribution >= 4 is 33.1 Å². The van der Waals surface area contributed by atoms with Gasteiger partial charge in [0.15, 0.2) is 0 Å². The molecule has 0 fully saturated rings. The topological polar surface area (TPSA) is 95.9 Å². The fourth-order valence-corrected chi connectivity index (χ4v) is 4.39. The van der Waals surface area contributed by atoms with Gasteiger partial charge in [-0.3, -0.25) is 9.52 Å². The number of hydrogen-bond donors (Lipinski definition) is 2. The number of ether oxygens (including phenoxy) is 1. The molecule has 2 aromatic rings. The quantitative estimate of drug-likeness (QED) is 0.793. The Bertz CT molecular complexity index is 817. The van der Waals surface area contributed by atoms with Crippen LogP contribution < -0.4 is 4.72 Å². The van der Waals surface area contributed by atoms with E-state index in [1.54, 1.807) is 6.07 Å². The van der Waals surface area contributed by atoms with Crippen molar-refractivity contribution in [3.05, 3.63) is 41.3 Å². The molecule has 1 amide bonds. The highest BCUT2D eigenvalue weighted by molar-refractivity contribution is 7.91. The molecule has 0 unspecified atom stereocenters. The lowest BCUT2D eigenvalue weighted by molar-refractivity contribution is 0.0384. The first kappa shape index (κ1) is 15.9. The number of aliphatic hydroxyl groups excluding tert-OH is 1. The van der Waals surface area contributed by atoms with E-state index in [0.717, 1.165) is 10.4 Å². The second-order valence-corrected chi connectivity index (χ2v) is 7.39. The molecule has 9 heteroatoms. The molecule has 0 aliphatic carbocycles. The van der Waals surface area contributed by atoms with Gasteiger partial charge in [-0.15, -0.1) is 11.3 Å². The summed E-state index contributed by atoms with van der Waals surface area (Å²) < 4.78 is 32.3. The van der Waals surface area contributed by atoms with Crippen molar-refractivity contribution < 1.29 is 23.1 Å². The Kier molecular flexibility index (Phi) is 4.35. The number of aliphatic hydroxyl groups is 1. The molecule has 0 bridgehead atoms. The third-order valence-electron chi connectivity index (χ3n) is 3.18. The van der Waals surface area contributed by atoms with E-state index < -0.39 is 22.8 Å². The van der Waals surface area contributed by atoms with Gasteiger partial charge in [0.1, 0.15) is 11.6 Å². The van der Waals surface area contributed by atoms with Crippen LogP contribution in [0.3, 0.4) is 0 Å². The van der Waals surface area contributed by atoms with Crippen LogP contribution in [0.15, 0.2) is 36.4 Å². The minimum absolute atomic E-state index is 0.0497. The summed E-state index contributed by atoms with van der Waals surface area (Å²) in [5.74, 6) is -0.635. The standard InChI is InChI=1S/C14H14N2O5S2/c17-6-7-21-9-16-14(18)13-11(15-23(16,19)20)8-12(22-13)10-4-2-1-3-5-10/h1-5,8,15,17H,6-7,9H2. The second kappa shape index (κ2) is 6.28.